The van der Waals surface area contributed by atoms with Crippen LogP contribution >= 0.6 is 11.8 Å². The molecule has 0 saturated carbocycles. The molecule has 0 unspecified atom stereocenters. The number of carboxylic acids is 1. The van der Waals surface area contributed by atoms with Crippen molar-refractivity contribution in [3.05, 3.63) is 35.4 Å². The van der Waals surface area contributed by atoms with Gasteiger partial charge in [-0.05, 0) is 43.7 Å². The Bertz CT molecular complexity index is 961. The molecule has 33 heavy (non-hydrogen) atoms. The number of carbonyl (C=O) groups excluding carboxylic acids is 3. The molecule has 2 heterocycles. The van der Waals surface area contributed by atoms with Crippen molar-refractivity contribution in [2.45, 2.75) is 76.2 Å². The molecule has 9 heteroatoms. The summed E-state index contributed by atoms with van der Waals surface area (Å²) in [7, 11) is 0. The summed E-state index contributed by atoms with van der Waals surface area (Å²) in [6, 6.07) is 4.64. The monoisotopic (exact) mass is 475 g/mol. The fourth-order valence-electron chi connectivity index (χ4n) is 4.53. The number of nitrogens with zero attached hydrogens (tertiary/aromatic N) is 1. The topological polar surface area (TPSA) is 116 Å². The van der Waals surface area contributed by atoms with Crippen molar-refractivity contribution in [1.29, 1.82) is 0 Å². The molecular weight excluding hydrogens is 442 g/mol. The Kier molecular flexibility index (Phi) is 7.12. The van der Waals surface area contributed by atoms with Crippen LogP contribution in [0.15, 0.2) is 24.3 Å². The zero-order valence-corrected chi connectivity index (χ0v) is 20.7. The molecule has 3 rings (SSSR count). The standard InChI is InChI=1S/C24H33N3O5S/c1-12(2)11-16(19(28)26-17(13(3)4)23(31)32)25-20(29)18-24(5,6)33-22-15-10-8-7-9-14(15)21(30)27(18)22/h7-10,12-13,16-18,22H,11H2,1-6H3,(H,25,29)(H,26,28)(H,31,32)/t16-,17-,18+,22-/m0/s1. The lowest BCUT2D eigenvalue weighted by molar-refractivity contribution is -0.143. The highest BCUT2D eigenvalue weighted by Crippen LogP contribution is 2.56. The van der Waals surface area contributed by atoms with Crippen molar-refractivity contribution in [2.24, 2.45) is 11.8 Å². The quantitative estimate of drug-likeness (QED) is 0.533. The van der Waals surface area contributed by atoms with Gasteiger partial charge in [0.1, 0.15) is 23.5 Å². The molecule has 8 nitrogen and oxygen atoms in total. The molecule has 1 aromatic carbocycles. The van der Waals surface area contributed by atoms with Crippen LogP contribution in [-0.2, 0) is 14.4 Å². The van der Waals surface area contributed by atoms with Crippen LogP contribution in [-0.4, -0.2) is 56.6 Å². The highest BCUT2D eigenvalue weighted by Gasteiger charge is 2.57. The van der Waals surface area contributed by atoms with Crippen LogP contribution in [0.1, 0.15) is 69.3 Å². The van der Waals surface area contributed by atoms with Crippen molar-refractivity contribution in [2.75, 3.05) is 0 Å². The molecule has 3 amide bonds. The van der Waals surface area contributed by atoms with E-state index in [1.54, 1.807) is 42.6 Å². The van der Waals surface area contributed by atoms with Crippen LogP contribution < -0.4 is 10.6 Å². The zero-order valence-electron chi connectivity index (χ0n) is 19.9. The normalized spacial score (nSPS) is 22.7. The van der Waals surface area contributed by atoms with Gasteiger partial charge in [0.2, 0.25) is 11.8 Å². The van der Waals surface area contributed by atoms with Gasteiger partial charge in [-0.15, -0.1) is 11.8 Å². The minimum atomic E-state index is -1.12. The Hall–Kier alpha value is -2.55. The number of carboxylic acid groups (broad SMARTS) is 1. The van der Waals surface area contributed by atoms with Crippen LogP contribution in [0.2, 0.25) is 0 Å². The number of hydrogen-bond donors (Lipinski definition) is 3. The van der Waals surface area contributed by atoms with Crippen LogP contribution in [0.3, 0.4) is 0 Å². The van der Waals surface area contributed by atoms with E-state index >= 15 is 0 Å². The number of nitrogens with one attached hydrogen (secondary N) is 2. The Morgan fingerprint density at radius 3 is 2.33 bits per heavy atom. The van der Waals surface area contributed by atoms with Crippen molar-refractivity contribution in [1.82, 2.24) is 15.5 Å². The van der Waals surface area contributed by atoms with Crippen molar-refractivity contribution < 1.29 is 24.3 Å². The minimum Gasteiger partial charge on any atom is -0.480 e. The Morgan fingerprint density at radius 2 is 1.76 bits per heavy atom. The van der Waals surface area contributed by atoms with E-state index in [0.29, 0.717) is 12.0 Å². The van der Waals surface area contributed by atoms with Gasteiger partial charge in [0.05, 0.1) is 0 Å². The summed E-state index contributed by atoms with van der Waals surface area (Å²) < 4.78 is -0.571. The summed E-state index contributed by atoms with van der Waals surface area (Å²) in [5.74, 6) is -2.48. The minimum absolute atomic E-state index is 0.0831. The lowest BCUT2D eigenvalue weighted by atomic mass is 9.97. The van der Waals surface area contributed by atoms with E-state index in [1.807, 2.05) is 39.8 Å². The van der Waals surface area contributed by atoms with E-state index in [1.165, 1.54) is 0 Å². The van der Waals surface area contributed by atoms with Gasteiger partial charge in [-0.3, -0.25) is 14.4 Å². The maximum Gasteiger partial charge on any atom is 0.326 e. The number of thioether (sulfide) groups is 1. The van der Waals surface area contributed by atoms with E-state index in [4.69, 9.17) is 0 Å². The van der Waals surface area contributed by atoms with Crippen LogP contribution in [0.25, 0.3) is 0 Å². The maximum absolute atomic E-state index is 13.5. The highest BCUT2D eigenvalue weighted by molar-refractivity contribution is 8.01. The van der Waals surface area contributed by atoms with Gasteiger partial charge in [0.25, 0.3) is 5.91 Å². The molecule has 3 N–H and O–H groups in total. The first kappa shape index (κ1) is 25.1. The molecule has 0 aromatic heterocycles. The second-order valence-electron chi connectivity index (χ2n) is 10.0. The van der Waals surface area contributed by atoms with Crippen molar-refractivity contribution in [3.8, 4) is 0 Å². The molecule has 180 valence electrons. The zero-order chi connectivity index (χ0) is 24.7. The highest BCUT2D eigenvalue weighted by atomic mass is 32.2. The molecule has 1 saturated heterocycles. The number of aliphatic carboxylic acids is 1. The summed E-state index contributed by atoms with van der Waals surface area (Å²) in [6.07, 6.45) is 0.347. The predicted octanol–water partition coefficient (Wildman–Crippen LogP) is 2.79. The van der Waals surface area contributed by atoms with E-state index < -0.39 is 40.7 Å². The summed E-state index contributed by atoms with van der Waals surface area (Å²) in [5, 5.41) is 14.6. The summed E-state index contributed by atoms with van der Waals surface area (Å²) in [6.45, 7) is 11.1. The summed E-state index contributed by atoms with van der Waals surface area (Å²) in [4.78, 5) is 52.9. The number of fused-ring (bicyclic) bond motifs is 3. The predicted molar refractivity (Wildman–Crippen MR) is 127 cm³/mol. The largest absolute Gasteiger partial charge is 0.480 e. The fourth-order valence-corrected chi connectivity index (χ4v) is 6.11. The Morgan fingerprint density at radius 1 is 1.12 bits per heavy atom. The number of amides is 3. The smallest absolute Gasteiger partial charge is 0.326 e. The van der Waals surface area contributed by atoms with Gasteiger partial charge in [-0.25, -0.2) is 4.79 Å². The summed E-state index contributed by atoms with van der Waals surface area (Å²) in [5.41, 5.74) is 1.49. The molecule has 0 radical (unpaired) electrons. The van der Waals surface area contributed by atoms with Crippen molar-refractivity contribution in [3.63, 3.8) is 0 Å². The number of rotatable bonds is 8. The van der Waals surface area contributed by atoms with E-state index in [-0.39, 0.29) is 23.1 Å². The molecular formula is C24H33N3O5S. The third-order valence-electron chi connectivity index (χ3n) is 6.12. The van der Waals surface area contributed by atoms with Gasteiger partial charge >= 0.3 is 5.97 Å². The lowest BCUT2D eigenvalue weighted by Crippen LogP contribution is -2.58. The van der Waals surface area contributed by atoms with Crippen LogP contribution in [0.5, 0.6) is 0 Å². The molecule has 1 fully saturated rings. The molecule has 0 bridgehead atoms. The average molecular weight is 476 g/mol. The SMILES string of the molecule is CC(C)C[C@H](NC(=O)[C@H]1N2C(=O)c3ccccc3[C@@H]2SC1(C)C)C(=O)N[C@H](C(=O)O)C(C)C. The van der Waals surface area contributed by atoms with Crippen LogP contribution in [0.4, 0.5) is 0 Å². The summed E-state index contributed by atoms with van der Waals surface area (Å²) >= 11 is 1.56. The Balaban J connectivity index is 1.84. The maximum atomic E-state index is 13.5. The van der Waals surface area contributed by atoms with E-state index in [2.05, 4.69) is 10.6 Å². The third-order valence-corrected chi connectivity index (χ3v) is 7.65. The molecule has 0 aliphatic carbocycles. The van der Waals surface area contributed by atoms with Gasteiger partial charge in [-0.1, -0.05) is 45.9 Å². The third kappa shape index (κ3) is 4.88. The molecule has 2 aliphatic rings. The second kappa shape index (κ2) is 9.37. The first-order valence-corrected chi connectivity index (χ1v) is 12.2. The number of benzene rings is 1. The van der Waals surface area contributed by atoms with E-state index in [9.17, 15) is 24.3 Å². The number of hydrogen-bond acceptors (Lipinski definition) is 5. The van der Waals surface area contributed by atoms with Gasteiger partial charge in [0.15, 0.2) is 0 Å². The number of carbonyl (C=O) groups is 4. The molecule has 4 atom stereocenters. The average Bonchev–Trinajstić information content (AvgIpc) is 3.14. The molecule has 0 spiro atoms. The molecule has 2 aliphatic heterocycles. The van der Waals surface area contributed by atoms with Gasteiger partial charge in [-0.2, -0.15) is 0 Å². The first-order chi connectivity index (χ1) is 15.3. The van der Waals surface area contributed by atoms with Crippen LogP contribution in [0, 0.1) is 11.8 Å². The van der Waals surface area contributed by atoms with E-state index in [0.717, 1.165) is 5.56 Å². The van der Waals surface area contributed by atoms with Crippen molar-refractivity contribution >= 4 is 35.5 Å². The van der Waals surface area contributed by atoms with Gasteiger partial charge < -0.3 is 20.6 Å². The molecule has 1 aromatic rings. The second-order valence-corrected chi connectivity index (χ2v) is 11.8. The Labute approximate surface area is 198 Å². The fraction of sp³-hybridized carbons (Fsp3) is 0.583. The lowest BCUT2D eigenvalue weighted by Gasteiger charge is -2.32. The van der Waals surface area contributed by atoms with Gasteiger partial charge in [0, 0.05) is 10.3 Å². The first-order valence-electron chi connectivity index (χ1n) is 11.3.